The van der Waals surface area contributed by atoms with Gasteiger partial charge in [-0.2, -0.15) is 5.10 Å². The molecule has 0 saturated carbocycles. The third-order valence-electron chi connectivity index (χ3n) is 2.88. The van der Waals surface area contributed by atoms with E-state index in [0.29, 0.717) is 0 Å². The molecule has 0 saturated heterocycles. The van der Waals surface area contributed by atoms with E-state index in [1.165, 1.54) is 5.56 Å². The molecule has 1 N–H and O–H groups in total. The Kier molecular flexibility index (Phi) is 3.58. The number of nitrogens with one attached hydrogen (secondary N) is 1. The largest absolute Gasteiger partial charge is 0.336 e. The lowest BCUT2D eigenvalue weighted by Crippen LogP contribution is -2.19. The molecule has 2 rings (SSSR count). The molecule has 0 spiro atoms. The van der Waals surface area contributed by atoms with Crippen LogP contribution in [0.3, 0.4) is 0 Å². The minimum atomic E-state index is 0.146. The van der Waals surface area contributed by atoms with Gasteiger partial charge in [-0.25, -0.2) is 4.98 Å². The summed E-state index contributed by atoms with van der Waals surface area (Å²) in [6, 6.07) is 0.146. The maximum atomic E-state index is 4.36. The SMILES string of the molecule is CCCn1cc(C(NC)c2cncn2C)cn1. The summed E-state index contributed by atoms with van der Waals surface area (Å²) in [7, 11) is 3.96. The Balaban J connectivity index is 2.26. The van der Waals surface area contributed by atoms with Gasteiger partial charge in [-0.15, -0.1) is 0 Å². The Morgan fingerprint density at radius 2 is 2.24 bits per heavy atom. The first kappa shape index (κ1) is 11.9. The molecule has 1 atom stereocenters. The number of aryl methyl sites for hydroxylation is 2. The van der Waals surface area contributed by atoms with E-state index in [1.807, 2.05) is 42.1 Å². The van der Waals surface area contributed by atoms with E-state index >= 15 is 0 Å². The Hall–Kier alpha value is -1.62. The lowest BCUT2D eigenvalue weighted by atomic mass is 10.1. The fourth-order valence-corrected chi connectivity index (χ4v) is 2.01. The van der Waals surface area contributed by atoms with Crippen molar-refractivity contribution in [3.63, 3.8) is 0 Å². The minimum Gasteiger partial charge on any atom is -0.336 e. The zero-order valence-electron chi connectivity index (χ0n) is 10.6. The van der Waals surface area contributed by atoms with E-state index in [4.69, 9.17) is 0 Å². The Bertz CT molecular complexity index is 471. The van der Waals surface area contributed by atoms with Crippen LogP contribution in [0.5, 0.6) is 0 Å². The average molecular weight is 233 g/mol. The summed E-state index contributed by atoms with van der Waals surface area (Å²) < 4.78 is 4.01. The van der Waals surface area contributed by atoms with Crippen LogP contribution < -0.4 is 5.32 Å². The number of nitrogens with zero attached hydrogens (tertiary/aromatic N) is 4. The highest BCUT2D eigenvalue weighted by atomic mass is 15.3. The molecule has 5 heteroatoms. The quantitative estimate of drug-likeness (QED) is 0.847. The van der Waals surface area contributed by atoms with Gasteiger partial charge < -0.3 is 9.88 Å². The van der Waals surface area contributed by atoms with Crippen LogP contribution >= 0.6 is 0 Å². The molecule has 0 aliphatic rings. The third kappa shape index (κ3) is 2.39. The van der Waals surface area contributed by atoms with Crippen molar-refractivity contribution in [2.24, 2.45) is 7.05 Å². The van der Waals surface area contributed by atoms with Crippen molar-refractivity contribution in [3.8, 4) is 0 Å². The predicted octanol–water partition coefficient (Wildman–Crippen LogP) is 1.34. The summed E-state index contributed by atoms with van der Waals surface area (Å²) in [5.41, 5.74) is 2.31. The predicted molar refractivity (Wildman–Crippen MR) is 66.6 cm³/mol. The van der Waals surface area contributed by atoms with Gasteiger partial charge in [0, 0.05) is 25.4 Å². The number of hydrogen-bond acceptors (Lipinski definition) is 3. The number of rotatable bonds is 5. The van der Waals surface area contributed by atoms with Gasteiger partial charge in [0.25, 0.3) is 0 Å². The fourth-order valence-electron chi connectivity index (χ4n) is 2.01. The van der Waals surface area contributed by atoms with E-state index in [0.717, 1.165) is 18.7 Å². The van der Waals surface area contributed by atoms with E-state index < -0.39 is 0 Å². The molecule has 0 amide bonds. The van der Waals surface area contributed by atoms with Gasteiger partial charge in [-0.1, -0.05) is 6.92 Å². The summed E-state index contributed by atoms with van der Waals surface area (Å²) in [6.45, 7) is 3.11. The zero-order chi connectivity index (χ0) is 12.3. The summed E-state index contributed by atoms with van der Waals surface area (Å²) in [5.74, 6) is 0. The van der Waals surface area contributed by atoms with Crippen LogP contribution in [-0.4, -0.2) is 26.4 Å². The first-order valence-corrected chi connectivity index (χ1v) is 5.92. The maximum absolute atomic E-state index is 4.36. The Labute approximate surface area is 101 Å². The Morgan fingerprint density at radius 3 is 2.82 bits per heavy atom. The van der Waals surface area contributed by atoms with Crippen molar-refractivity contribution in [1.82, 2.24) is 24.6 Å². The van der Waals surface area contributed by atoms with Gasteiger partial charge in [0.1, 0.15) is 0 Å². The summed E-state index contributed by atoms with van der Waals surface area (Å²) in [5, 5.41) is 7.66. The highest BCUT2D eigenvalue weighted by molar-refractivity contribution is 5.22. The van der Waals surface area contributed by atoms with E-state index in [1.54, 1.807) is 0 Å². The van der Waals surface area contributed by atoms with Gasteiger partial charge in [0.15, 0.2) is 0 Å². The summed E-state index contributed by atoms with van der Waals surface area (Å²) in [4.78, 5) is 4.15. The molecule has 0 radical (unpaired) electrons. The molecule has 5 nitrogen and oxygen atoms in total. The molecule has 0 aliphatic carbocycles. The second kappa shape index (κ2) is 5.14. The second-order valence-corrected chi connectivity index (χ2v) is 4.19. The molecule has 0 aromatic carbocycles. The lowest BCUT2D eigenvalue weighted by Gasteiger charge is -2.14. The molecule has 92 valence electrons. The van der Waals surface area contributed by atoms with Crippen molar-refractivity contribution < 1.29 is 0 Å². The van der Waals surface area contributed by atoms with Crippen LogP contribution in [0, 0.1) is 0 Å². The van der Waals surface area contributed by atoms with Crippen LogP contribution in [0.4, 0.5) is 0 Å². The van der Waals surface area contributed by atoms with Gasteiger partial charge >= 0.3 is 0 Å². The molecule has 2 aromatic rings. The Morgan fingerprint density at radius 1 is 1.41 bits per heavy atom. The standard InChI is InChI=1S/C12H19N5/c1-4-5-17-8-10(6-15-17)12(13-2)11-7-14-9-16(11)3/h6-9,12-13H,4-5H2,1-3H3. The molecular weight excluding hydrogens is 214 g/mol. The normalized spacial score (nSPS) is 12.9. The summed E-state index contributed by atoms with van der Waals surface area (Å²) in [6.07, 6.45) is 8.81. The molecule has 17 heavy (non-hydrogen) atoms. The van der Waals surface area contributed by atoms with E-state index in [-0.39, 0.29) is 6.04 Å². The first-order valence-electron chi connectivity index (χ1n) is 5.92. The van der Waals surface area contributed by atoms with Crippen LogP contribution in [-0.2, 0) is 13.6 Å². The van der Waals surface area contributed by atoms with Crippen molar-refractivity contribution >= 4 is 0 Å². The van der Waals surface area contributed by atoms with Gasteiger partial charge in [0.05, 0.1) is 30.5 Å². The van der Waals surface area contributed by atoms with Crippen molar-refractivity contribution in [2.45, 2.75) is 25.9 Å². The molecule has 0 bridgehead atoms. The van der Waals surface area contributed by atoms with Gasteiger partial charge in [0.2, 0.25) is 0 Å². The third-order valence-corrected chi connectivity index (χ3v) is 2.88. The van der Waals surface area contributed by atoms with Crippen molar-refractivity contribution in [2.75, 3.05) is 7.05 Å². The average Bonchev–Trinajstić information content (AvgIpc) is 2.92. The fraction of sp³-hybridized carbons (Fsp3) is 0.500. The van der Waals surface area contributed by atoms with E-state index in [9.17, 15) is 0 Å². The molecule has 1 unspecified atom stereocenters. The molecular formula is C12H19N5. The highest BCUT2D eigenvalue weighted by Crippen LogP contribution is 2.20. The molecule has 2 aromatic heterocycles. The lowest BCUT2D eigenvalue weighted by molar-refractivity contribution is 0.598. The van der Waals surface area contributed by atoms with Crippen molar-refractivity contribution in [1.29, 1.82) is 0 Å². The number of hydrogen-bond donors (Lipinski definition) is 1. The van der Waals surface area contributed by atoms with Crippen LogP contribution in [0.25, 0.3) is 0 Å². The molecule has 0 fully saturated rings. The number of aromatic nitrogens is 4. The van der Waals surface area contributed by atoms with Gasteiger partial charge in [-0.3, -0.25) is 4.68 Å². The first-order chi connectivity index (χ1) is 8.26. The molecule has 0 aliphatic heterocycles. The van der Waals surface area contributed by atoms with Crippen LogP contribution in [0.2, 0.25) is 0 Å². The highest BCUT2D eigenvalue weighted by Gasteiger charge is 2.16. The maximum Gasteiger partial charge on any atom is 0.0946 e. The topological polar surface area (TPSA) is 47.7 Å². The monoisotopic (exact) mass is 233 g/mol. The van der Waals surface area contributed by atoms with E-state index in [2.05, 4.69) is 28.5 Å². The zero-order valence-corrected chi connectivity index (χ0v) is 10.6. The van der Waals surface area contributed by atoms with Crippen LogP contribution in [0.1, 0.15) is 30.6 Å². The summed E-state index contributed by atoms with van der Waals surface area (Å²) >= 11 is 0. The van der Waals surface area contributed by atoms with Crippen LogP contribution in [0.15, 0.2) is 24.9 Å². The van der Waals surface area contributed by atoms with Crippen molar-refractivity contribution in [3.05, 3.63) is 36.2 Å². The molecule has 2 heterocycles. The number of imidazole rings is 1. The second-order valence-electron chi connectivity index (χ2n) is 4.19. The van der Waals surface area contributed by atoms with Gasteiger partial charge in [-0.05, 0) is 13.5 Å². The smallest absolute Gasteiger partial charge is 0.0946 e. The minimum absolute atomic E-state index is 0.146.